The number of hydrogen-bond acceptors (Lipinski definition) is 5. The predicted octanol–water partition coefficient (Wildman–Crippen LogP) is 5.24. The van der Waals surface area contributed by atoms with Gasteiger partial charge in [0.2, 0.25) is 5.91 Å². The summed E-state index contributed by atoms with van der Waals surface area (Å²) in [7, 11) is 0. The number of nitrogens with zero attached hydrogens (tertiary/aromatic N) is 1. The normalized spacial score (nSPS) is 10.5. The Kier molecular flexibility index (Phi) is 5.55. The number of aromatic nitrogens is 1. The van der Waals surface area contributed by atoms with Crippen LogP contribution in [0.1, 0.15) is 22.5 Å². The molecular weight excluding hydrogens is 408 g/mol. The Balaban J connectivity index is 1.55. The van der Waals surface area contributed by atoms with Crippen molar-refractivity contribution in [1.29, 1.82) is 0 Å². The van der Waals surface area contributed by atoms with Crippen molar-refractivity contribution < 1.29 is 9.59 Å². The van der Waals surface area contributed by atoms with Crippen LogP contribution < -0.4 is 5.32 Å². The number of halogens is 1. The van der Waals surface area contributed by atoms with Crippen molar-refractivity contribution in [3.8, 4) is 11.3 Å². The lowest BCUT2D eigenvalue weighted by atomic mass is 10.2. The molecule has 0 saturated carbocycles. The molecule has 0 fully saturated rings. The lowest BCUT2D eigenvalue weighted by molar-refractivity contribution is -0.116. The fourth-order valence-electron chi connectivity index (χ4n) is 2.05. The molecular formula is C17H13BrN2O2S2. The third-order valence-corrected chi connectivity index (χ3v) is 5.46. The zero-order valence-corrected chi connectivity index (χ0v) is 15.7. The van der Waals surface area contributed by atoms with E-state index in [1.54, 1.807) is 6.07 Å². The van der Waals surface area contributed by atoms with Crippen molar-refractivity contribution in [1.82, 2.24) is 4.98 Å². The number of benzene rings is 1. The summed E-state index contributed by atoms with van der Waals surface area (Å²) >= 11 is 6.16. The first-order valence-corrected chi connectivity index (χ1v) is 9.75. The maximum atomic E-state index is 12.0. The molecule has 2 heterocycles. The highest BCUT2D eigenvalue weighted by molar-refractivity contribution is 9.10. The molecule has 1 N–H and O–H groups in total. The first kappa shape index (κ1) is 17.0. The Labute approximate surface area is 155 Å². The zero-order chi connectivity index (χ0) is 16.9. The Morgan fingerprint density at radius 2 is 1.88 bits per heavy atom. The molecule has 4 nitrogen and oxygen atoms in total. The summed E-state index contributed by atoms with van der Waals surface area (Å²) in [6, 6.07) is 11.4. The van der Waals surface area contributed by atoms with Gasteiger partial charge in [0.25, 0.3) is 0 Å². The number of carbonyl (C=O) groups is 2. The second-order valence-electron chi connectivity index (χ2n) is 4.99. The van der Waals surface area contributed by atoms with Gasteiger partial charge in [-0.1, -0.05) is 34.1 Å². The maximum absolute atomic E-state index is 12.0. The van der Waals surface area contributed by atoms with E-state index >= 15 is 0 Å². The lowest BCUT2D eigenvalue weighted by Gasteiger charge is -2.01. The number of thiazole rings is 1. The number of anilines is 1. The molecule has 0 aliphatic rings. The monoisotopic (exact) mass is 420 g/mol. The van der Waals surface area contributed by atoms with Crippen LogP contribution in [0.2, 0.25) is 0 Å². The summed E-state index contributed by atoms with van der Waals surface area (Å²) in [6.07, 6.45) is 0.362. The highest BCUT2D eigenvalue weighted by Crippen LogP contribution is 2.26. The molecule has 2 aromatic heterocycles. The molecule has 0 bridgehead atoms. The minimum atomic E-state index is -0.198. The van der Waals surface area contributed by atoms with Gasteiger partial charge >= 0.3 is 0 Å². The van der Waals surface area contributed by atoms with Crippen molar-refractivity contribution in [2.75, 3.05) is 5.32 Å². The van der Waals surface area contributed by atoms with Gasteiger partial charge in [0.15, 0.2) is 10.9 Å². The van der Waals surface area contributed by atoms with Crippen molar-refractivity contribution >= 4 is 55.4 Å². The summed E-state index contributed by atoms with van der Waals surface area (Å²) in [4.78, 5) is 29.0. The molecule has 7 heteroatoms. The minimum Gasteiger partial charge on any atom is -0.302 e. The number of nitrogens with one attached hydrogen (secondary N) is 1. The van der Waals surface area contributed by atoms with E-state index in [4.69, 9.17) is 0 Å². The van der Waals surface area contributed by atoms with Crippen LogP contribution in [0.15, 0.2) is 51.6 Å². The molecule has 0 atom stereocenters. The van der Waals surface area contributed by atoms with E-state index in [1.807, 2.05) is 41.1 Å². The summed E-state index contributed by atoms with van der Waals surface area (Å²) < 4.78 is 1.01. The van der Waals surface area contributed by atoms with E-state index in [2.05, 4.69) is 26.2 Å². The van der Waals surface area contributed by atoms with E-state index in [9.17, 15) is 9.59 Å². The number of carbonyl (C=O) groups excluding carboxylic acids is 2. The highest BCUT2D eigenvalue weighted by atomic mass is 79.9. The fraction of sp³-hybridized carbons (Fsp3) is 0.118. The van der Waals surface area contributed by atoms with Crippen LogP contribution in [-0.4, -0.2) is 16.7 Å². The Morgan fingerprint density at radius 1 is 1.08 bits per heavy atom. The lowest BCUT2D eigenvalue weighted by Crippen LogP contribution is -2.13. The average molecular weight is 421 g/mol. The molecule has 122 valence electrons. The number of amides is 1. The second-order valence-corrected chi connectivity index (χ2v) is 7.71. The molecule has 3 rings (SSSR count). The van der Waals surface area contributed by atoms with Crippen molar-refractivity contribution in [3.05, 3.63) is 56.5 Å². The van der Waals surface area contributed by atoms with Gasteiger partial charge in [-0.25, -0.2) is 4.98 Å². The van der Waals surface area contributed by atoms with E-state index in [1.165, 1.54) is 22.7 Å². The van der Waals surface area contributed by atoms with Gasteiger partial charge in [0.05, 0.1) is 10.6 Å². The van der Waals surface area contributed by atoms with Crippen LogP contribution >= 0.6 is 38.6 Å². The molecule has 0 saturated heterocycles. The van der Waals surface area contributed by atoms with Crippen molar-refractivity contribution in [2.24, 2.45) is 0 Å². The van der Waals surface area contributed by atoms with Crippen LogP contribution in [0.3, 0.4) is 0 Å². The third kappa shape index (κ3) is 4.37. The van der Waals surface area contributed by atoms with Crippen LogP contribution in [-0.2, 0) is 4.79 Å². The van der Waals surface area contributed by atoms with E-state index in [-0.39, 0.29) is 24.5 Å². The largest absolute Gasteiger partial charge is 0.302 e. The summed E-state index contributed by atoms with van der Waals surface area (Å²) in [5.41, 5.74) is 1.81. The van der Waals surface area contributed by atoms with Crippen LogP contribution in [0.5, 0.6) is 0 Å². The molecule has 1 aromatic carbocycles. The van der Waals surface area contributed by atoms with E-state index < -0.39 is 0 Å². The summed E-state index contributed by atoms with van der Waals surface area (Å²) in [6.45, 7) is 0. The molecule has 0 aliphatic carbocycles. The number of thiophene rings is 1. The number of hydrogen-bond donors (Lipinski definition) is 1. The third-order valence-electron chi connectivity index (χ3n) is 3.27. The van der Waals surface area contributed by atoms with Crippen molar-refractivity contribution in [2.45, 2.75) is 12.8 Å². The average Bonchev–Trinajstić information content (AvgIpc) is 3.25. The molecule has 1 amide bonds. The molecule has 0 unspecified atom stereocenters. The molecule has 0 spiro atoms. The smallest absolute Gasteiger partial charge is 0.226 e. The number of rotatable bonds is 6. The fourth-order valence-corrected chi connectivity index (χ4v) is 3.75. The first-order valence-electron chi connectivity index (χ1n) is 7.20. The molecule has 0 radical (unpaired) electrons. The van der Waals surface area contributed by atoms with E-state index in [0.717, 1.165) is 15.7 Å². The predicted molar refractivity (Wildman–Crippen MR) is 102 cm³/mol. The standard InChI is InChI=1S/C17H13BrN2O2S2/c18-12-5-3-11(4-6-12)13-10-24-17(19-13)20-16(22)8-7-14(21)15-2-1-9-23-15/h1-6,9-10H,7-8H2,(H,19,20,22). The van der Waals surface area contributed by atoms with Gasteiger partial charge in [0, 0.05) is 28.3 Å². The Bertz CT molecular complexity index is 842. The van der Waals surface area contributed by atoms with Crippen LogP contribution in [0.25, 0.3) is 11.3 Å². The quantitative estimate of drug-likeness (QED) is 0.554. The number of Topliss-reactive ketones (excluding diaryl/α,β-unsaturated/α-hetero) is 1. The Hall–Kier alpha value is -1.83. The van der Waals surface area contributed by atoms with Crippen LogP contribution in [0.4, 0.5) is 5.13 Å². The van der Waals surface area contributed by atoms with Crippen LogP contribution in [0, 0.1) is 0 Å². The van der Waals surface area contributed by atoms with E-state index in [0.29, 0.717) is 10.0 Å². The summed E-state index contributed by atoms with van der Waals surface area (Å²) in [5, 5.41) is 7.05. The maximum Gasteiger partial charge on any atom is 0.226 e. The topological polar surface area (TPSA) is 59.1 Å². The minimum absolute atomic E-state index is 0.00478. The van der Waals surface area contributed by atoms with Gasteiger partial charge < -0.3 is 5.32 Å². The van der Waals surface area contributed by atoms with Gasteiger partial charge in [0.1, 0.15) is 0 Å². The molecule has 3 aromatic rings. The first-order chi connectivity index (χ1) is 11.6. The van der Waals surface area contributed by atoms with Crippen molar-refractivity contribution in [3.63, 3.8) is 0 Å². The van der Waals surface area contributed by atoms with Gasteiger partial charge in [-0.2, -0.15) is 0 Å². The molecule has 0 aliphatic heterocycles. The SMILES string of the molecule is O=C(CCC(=O)c1cccs1)Nc1nc(-c2ccc(Br)cc2)cs1. The van der Waals surface area contributed by atoms with Gasteiger partial charge in [-0.3, -0.25) is 9.59 Å². The Morgan fingerprint density at radius 3 is 2.58 bits per heavy atom. The second kappa shape index (κ2) is 7.83. The molecule has 24 heavy (non-hydrogen) atoms. The summed E-state index contributed by atoms with van der Waals surface area (Å²) in [5.74, 6) is -0.202. The number of ketones is 1. The highest BCUT2D eigenvalue weighted by Gasteiger charge is 2.12. The zero-order valence-electron chi connectivity index (χ0n) is 12.5. The van der Waals surface area contributed by atoms with Gasteiger partial charge in [-0.05, 0) is 23.6 Å². The van der Waals surface area contributed by atoms with Gasteiger partial charge in [-0.15, -0.1) is 22.7 Å².